The molecule has 0 saturated heterocycles. The van der Waals surface area contributed by atoms with E-state index in [1.54, 1.807) is 25.3 Å². The van der Waals surface area contributed by atoms with Crippen LogP contribution >= 0.6 is 11.6 Å². The van der Waals surface area contributed by atoms with Crippen LogP contribution < -0.4 is 16.1 Å². The van der Waals surface area contributed by atoms with Crippen LogP contribution in [-0.4, -0.2) is 16.2 Å². The molecular weight excluding hydrogens is 332 g/mol. The molecule has 0 amide bonds. The van der Waals surface area contributed by atoms with Gasteiger partial charge in [-0.25, -0.2) is 4.79 Å². The van der Waals surface area contributed by atoms with Gasteiger partial charge in [-0.05, 0) is 37.1 Å². The summed E-state index contributed by atoms with van der Waals surface area (Å²) in [5.41, 5.74) is 1.56. The van der Waals surface area contributed by atoms with Crippen molar-refractivity contribution in [1.29, 1.82) is 0 Å². The van der Waals surface area contributed by atoms with Gasteiger partial charge in [-0.3, -0.25) is 9.78 Å². The van der Waals surface area contributed by atoms with Gasteiger partial charge in [0.05, 0.1) is 13.2 Å². The van der Waals surface area contributed by atoms with Crippen LogP contribution in [0.25, 0.3) is 11.1 Å². The number of oxazole rings is 1. The van der Waals surface area contributed by atoms with E-state index in [4.69, 9.17) is 20.8 Å². The summed E-state index contributed by atoms with van der Waals surface area (Å²) in [5.74, 6) is 0.0646. The third-order valence-corrected chi connectivity index (χ3v) is 4.03. The number of H-pyrrole nitrogens is 1. The molecule has 0 saturated carbocycles. The quantitative estimate of drug-likeness (QED) is 0.768. The lowest BCUT2D eigenvalue weighted by Gasteiger charge is -2.11. The van der Waals surface area contributed by atoms with Gasteiger partial charge in [-0.1, -0.05) is 18.5 Å². The van der Waals surface area contributed by atoms with Crippen LogP contribution in [0.15, 0.2) is 38.4 Å². The third kappa shape index (κ3) is 3.10. The highest BCUT2D eigenvalue weighted by molar-refractivity contribution is 6.31. The highest BCUT2D eigenvalue weighted by Crippen LogP contribution is 2.23. The molecule has 3 rings (SSSR count). The average molecular weight is 349 g/mol. The summed E-state index contributed by atoms with van der Waals surface area (Å²) in [4.78, 5) is 26.3. The van der Waals surface area contributed by atoms with Crippen LogP contribution in [0, 0.1) is 6.92 Å². The Morgan fingerprint density at radius 3 is 2.88 bits per heavy atom. The number of nitrogens with zero attached hydrogens (tertiary/aromatic N) is 1. The molecule has 1 aromatic carbocycles. The van der Waals surface area contributed by atoms with Crippen LogP contribution in [0.3, 0.4) is 0 Å². The molecule has 0 unspecified atom stereocenters. The number of hydrogen-bond acceptors (Lipinski definition) is 4. The van der Waals surface area contributed by atoms with Crippen molar-refractivity contribution < 1.29 is 9.15 Å². The fourth-order valence-electron chi connectivity index (χ4n) is 2.53. The molecule has 2 heterocycles. The van der Waals surface area contributed by atoms with Crippen molar-refractivity contribution in [3.63, 3.8) is 0 Å². The largest absolute Gasteiger partial charge is 0.494 e. The fourth-order valence-corrected chi connectivity index (χ4v) is 2.71. The summed E-state index contributed by atoms with van der Waals surface area (Å²) in [6.45, 7) is 4.69. The normalized spacial score (nSPS) is 11.1. The lowest BCUT2D eigenvalue weighted by Crippen LogP contribution is -2.21. The highest BCUT2D eigenvalue weighted by atomic mass is 35.5. The molecule has 0 aliphatic rings. The molecule has 0 aliphatic heterocycles. The fraction of sp³-hybridized carbons (Fsp3) is 0.294. The minimum absolute atomic E-state index is 0.162. The van der Waals surface area contributed by atoms with Crippen molar-refractivity contribution in [3.8, 4) is 5.75 Å². The lowest BCUT2D eigenvalue weighted by atomic mass is 10.2. The van der Waals surface area contributed by atoms with Crippen molar-refractivity contribution in [2.45, 2.75) is 26.8 Å². The summed E-state index contributed by atoms with van der Waals surface area (Å²) in [6.07, 6.45) is 2.55. The SMILES string of the molecule is CCCOc1ccc(Cl)c(Cn2cc(C)c3oc(=O)[nH]c3c2=O)c1. The molecule has 2 aromatic heterocycles. The van der Waals surface area contributed by atoms with Crippen LogP contribution in [0.5, 0.6) is 5.75 Å². The monoisotopic (exact) mass is 348 g/mol. The Balaban J connectivity index is 2.02. The van der Waals surface area contributed by atoms with Gasteiger partial charge in [0.1, 0.15) is 5.75 Å². The molecule has 126 valence electrons. The Bertz CT molecular complexity index is 1000. The first-order valence-corrected chi connectivity index (χ1v) is 8.01. The molecular formula is C17H17ClN2O4. The Kier molecular flexibility index (Phi) is 4.49. The molecule has 1 N–H and O–H groups in total. The van der Waals surface area contributed by atoms with Gasteiger partial charge in [-0.15, -0.1) is 0 Å². The molecule has 0 aliphatic carbocycles. The molecule has 0 spiro atoms. The number of halogens is 1. The maximum Gasteiger partial charge on any atom is 0.417 e. The van der Waals surface area contributed by atoms with E-state index >= 15 is 0 Å². The second-order valence-corrected chi connectivity index (χ2v) is 5.97. The molecule has 6 nitrogen and oxygen atoms in total. The Labute approximate surface area is 142 Å². The van der Waals surface area contributed by atoms with E-state index in [0.717, 1.165) is 12.0 Å². The number of fused-ring (bicyclic) bond motifs is 1. The van der Waals surface area contributed by atoms with Gasteiger partial charge in [0, 0.05) is 16.8 Å². The van der Waals surface area contributed by atoms with Gasteiger partial charge >= 0.3 is 5.76 Å². The minimum Gasteiger partial charge on any atom is -0.494 e. The second kappa shape index (κ2) is 6.57. The van der Waals surface area contributed by atoms with Crippen LogP contribution in [0.1, 0.15) is 24.5 Å². The highest BCUT2D eigenvalue weighted by Gasteiger charge is 2.13. The molecule has 0 bridgehead atoms. The van der Waals surface area contributed by atoms with Crippen molar-refractivity contribution in [3.05, 3.63) is 61.4 Å². The maximum atomic E-state index is 12.5. The van der Waals surface area contributed by atoms with E-state index in [2.05, 4.69) is 4.98 Å². The molecule has 0 radical (unpaired) electrons. The zero-order valence-corrected chi connectivity index (χ0v) is 14.1. The van der Waals surface area contributed by atoms with Gasteiger partial charge in [0.25, 0.3) is 5.56 Å². The van der Waals surface area contributed by atoms with E-state index in [1.807, 2.05) is 13.0 Å². The van der Waals surface area contributed by atoms with Crippen molar-refractivity contribution >= 4 is 22.7 Å². The number of nitrogens with one attached hydrogen (secondary N) is 1. The first-order valence-electron chi connectivity index (χ1n) is 7.63. The van der Waals surface area contributed by atoms with Crippen LogP contribution in [0.2, 0.25) is 5.02 Å². The van der Waals surface area contributed by atoms with Gasteiger partial charge in [0.15, 0.2) is 11.1 Å². The third-order valence-electron chi connectivity index (χ3n) is 3.66. The van der Waals surface area contributed by atoms with Crippen molar-refractivity contribution in [2.24, 2.45) is 0 Å². The first kappa shape index (κ1) is 16.4. The second-order valence-electron chi connectivity index (χ2n) is 5.57. The standard InChI is InChI=1S/C17H17ClN2O4/c1-3-6-23-12-4-5-13(18)11(7-12)9-20-8-10(2)15-14(16(20)21)19-17(22)24-15/h4-5,7-8H,3,6,9H2,1-2H3,(H,19,22). The first-order chi connectivity index (χ1) is 11.5. The number of rotatable bonds is 5. The number of ether oxygens (including phenoxy) is 1. The van der Waals surface area contributed by atoms with Crippen LogP contribution in [-0.2, 0) is 6.54 Å². The smallest absolute Gasteiger partial charge is 0.417 e. The number of aryl methyl sites for hydroxylation is 1. The summed E-state index contributed by atoms with van der Waals surface area (Å²) < 4.78 is 12.1. The number of hydrogen-bond donors (Lipinski definition) is 1. The van der Waals surface area contributed by atoms with Crippen LogP contribution in [0.4, 0.5) is 0 Å². The Morgan fingerprint density at radius 1 is 1.33 bits per heavy atom. The topological polar surface area (TPSA) is 77.2 Å². The maximum absolute atomic E-state index is 12.5. The minimum atomic E-state index is -0.643. The zero-order valence-electron chi connectivity index (χ0n) is 13.4. The lowest BCUT2D eigenvalue weighted by molar-refractivity contribution is 0.317. The number of pyridine rings is 1. The predicted molar refractivity (Wildman–Crippen MR) is 92.2 cm³/mol. The number of aromatic nitrogens is 2. The number of benzene rings is 1. The van der Waals surface area contributed by atoms with E-state index in [9.17, 15) is 9.59 Å². The van der Waals surface area contributed by atoms with Gasteiger partial charge in [0.2, 0.25) is 0 Å². The average Bonchev–Trinajstić information content (AvgIpc) is 2.95. The molecule has 0 atom stereocenters. The summed E-state index contributed by atoms with van der Waals surface area (Å²) in [7, 11) is 0. The molecule has 7 heteroatoms. The molecule has 3 aromatic rings. The summed E-state index contributed by atoms with van der Waals surface area (Å²) in [6, 6.07) is 5.37. The van der Waals surface area contributed by atoms with Crippen molar-refractivity contribution in [2.75, 3.05) is 6.61 Å². The van der Waals surface area contributed by atoms with E-state index in [0.29, 0.717) is 22.9 Å². The zero-order chi connectivity index (χ0) is 17.3. The Morgan fingerprint density at radius 2 is 2.12 bits per heavy atom. The molecule has 0 fully saturated rings. The van der Waals surface area contributed by atoms with Gasteiger partial charge in [-0.2, -0.15) is 0 Å². The van der Waals surface area contributed by atoms with E-state index in [-0.39, 0.29) is 23.2 Å². The summed E-state index contributed by atoms with van der Waals surface area (Å²) >= 11 is 6.25. The van der Waals surface area contributed by atoms with Gasteiger partial charge < -0.3 is 13.7 Å². The van der Waals surface area contributed by atoms with E-state index < -0.39 is 5.76 Å². The number of aromatic amines is 1. The Hall–Kier alpha value is -2.47. The molecule has 24 heavy (non-hydrogen) atoms. The predicted octanol–water partition coefficient (Wildman–Crippen LogP) is 3.08. The van der Waals surface area contributed by atoms with E-state index in [1.165, 1.54) is 4.57 Å². The van der Waals surface area contributed by atoms with Crippen molar-refractivity contribution in [1.82, 2.24) is 9.55 Å². The summed E-state index contributed by atoms with van der Waals surface area (Å²) in [5, 5.41) is 0.546.